The maximum Gasteiger partial charge on any atom is 0.276 e. The van der Waals surface area contributed by atoms with Crippen molar-refractivity contribution in [3.63, 3.8) is 0 Å². The van der Waals surface area contributed by atoms with Gasteiger partial charge in [0.25, 0.3) is 6.34 Å². The number of methoxy groups -OCH3 is 2. The fourth-order valence-corrected chi connectivity index (χ4v) is 3.90. The van der Waals surface area contributed by atoms with Crippen molar-refractivity contribution in [1.82, 2.24) is 15.0 Å². The van der Waals surface area contributed by atoms with Crippen LogP contribution >= 0.6 is 0 Å². The van der Waals surface area contributed by atoms with E-state index in [4.69, 9.17) is 9.47 Å². The zero-order valence-electron chi connectivity index (χ0n) is 13.4. The number of rotatable bonds is 6. The van der Waals surface area contributed by atoms with Crippen molar-refractivity contribution < 1.29 is 14.2 Å². The van der Waals surface area contributed by atoms with Crippen LogP contribution in [0.2, 0.25) is 0 Å². The Morgan fingerprint density at radius 1 is 1.00 bits per heavy atom. The van der Waals surface area contributed by atoms with Gasteiger partial charge in [-0.25, -0.2) is 5.01 Å². The molecule has 120 valence electrons. The third-order valence-corrected chi connectivity index (χ3v) is 4.89. The lowest BCUT2D eigenvalue weighted by atomic mass is 10.2. The smallest absolute Gasteiger partial charge is 0.276 e. The lowest BCUT2D eigenvalue weighted by Gasteiger charge is -2.25. The highest BCUT2D eigenvalue weighted by atomic mass is 16.5. The zero-order valence-corrected chi connectivity index (χ0v) is 13.4. The minimum Gasteiger partial charge on any atom is -0.383 e. The fourth-order valence-electron chi connectivity index (χ4n) is 3.90. The molecule has 0 N–H and O–H groups in total. The second kappa shape index (κ2) is 6.94. The van der Waals surface area contributed by atoms with E-state index < -0.39 is 0 Å². The van der Waals surface area contributed by atoms with E-state index in [-0.39, 0.29) is 0 Å². The summed E-state index contributed by atoms with van der Waals surface area (Å²) in [5.74, 6) is 0. The molecule has 3 rings (SSSR count). The van der Waals surface area contributed by atoms with E-state index in [9.17, 15) is 0 Å². The third-order valence-electron chi connectivity index (χ3n) is 4.89. The van der Waals surface area contributed by atoms with Crippen LogP contribution in [0.25, 0.3) is 0 Å². The predicted octanol–water partition coefficient (Wildman–Crippen LogP) is 0.394. The van der Waals surface area contributed by atoms with Gasteiger partial charge in [0.1, 0.15) is 13.1 Å². The minimum absolute atomic E-state index is 0.541. The van der Waals surface area contributed by atoms with Crippen LogP contribution in [-0.4, -0.2) is 91.7 Å². The van der Waals surface area contributed by atoms with Crippen LogP contribution in [0.4, 0.5) is 0 Å². The molecule has 0 amide bonds. The molecule has 0 bridgehead atoms. The highest BCUT2D eigenvalue weighted by Crippen LogP contribution is 2.22. The number of ether oxygens (including phenoxy) is 2. The zero-order chi connectivity index (χ0) is 14.7. The Morgan fingerprint density at radius 3 is 2.52 bits per heavy atom. The van der Waals surface area contributed by atoms with Gasteiger partial charge in [-0.2, -0.15) is 9.69 Å². The Balaban J connectivity index is 1.63. The van der Waals surface area contributed by atoms with Gasteiger partial charge in [-0.1, -0.05) is 0 Å². The molecule has 0 aromatic rings. The lowest BCUT2D eigenvalue weighted by molar-refractivity contribution is -0.684. The van der Waals surface area contributed by atoms with Gasteiger partial charge >= 0.3 is 0 Å². The molecule has 21 heavy (non-hydrogen) atoms. The quantitative estimate of drug-likeness (QED) is 0.662. The van der Waals surface area contributed by atoms with Crippen LogP contribution in [0, 0.1) is 0 Å². The first-order valence-electron chi connectivity index (χ1n) is 8.22. The maximum absolute atomic E-state index is 5.37. The molecule has 2 atom stereocenters. The Kier molecular flexibility index (Phi) is 4.98. The topological polar surface area (TPSA) is 31.2 Å². The van der Waals surface area contributed by atoms with Crippen LogP contribution in [0.5, 0.6) is 0 Å². The first-order chi connectivity index (χ1) is 10.3. The maximum atomic E-state index is 5.37. The van der Waals surface area contributed by atoms with Crippen LogP contribution in [-0.2, 0) is 9.47 Å². The van der Waals surface area contributed by atoms with Crippen molar-refractivity contribution in [3.05, 3.63) is 0 Å². The highest BCUT2D eigenvalue weighted by Gasteiger charge is 2.38. The molecule has 0 spiro atoms. The Labute approximate surface area is 127 Å². The van der Waals surface area contributed by atoms with Gasteiger partial charge in [0.05, 0.1) is 31.8 Å². The van der Waals surface area contributed by atoms with E-state index in [1.54, 1.807) is 14.2 Å². The summed E-state index contributed by atoms with van der Waals surface area (Å²) in [6.45, 7) is 6.13. The standard InChI is InChI=1S/C15H29N4O2/c1-20-11-14-5-3-7-18(14)16-9-10-17(13-16)19-8-4-6-15(19)12-21-2/h13-15H,3-12H2,1-2H3/q+1/t14-,15-/m1/s1. The summed E-state index contributed by atoms with van der Waals surface area (Å²) in [4.78, 5) is 0. The van der Waals surface area contributed by atoms with Crippen molar-refractivity contribution >= 4 is 6.34 Å². The molecule has 3 aliphatic heterocycles. The van der Waals surface area contributed by atoms with Crippen LogP contribution in [0.3, 0.4) is 0 Å². The summed E-state index contributed by atoms with van der Waals surface area (Å²) in [6, 6.07) is 1.08. The summed E-state index contributed by atoms with van der Waals surface area (Å²) in [5, 5.41) is 7.38. The lowest BCUT2D eigenvalue weighted by Crippen LogP contribution is -2.46. The Bertz CT molecular complexity index is 377. The molecular weight excluding hydrogens is 268 g/mol. The van der Waals surface area contributed by atoms with Crippen molar-refractivity contribution in [1.29, 1.82) is 0 Å². The summed E-state index contributed by atoms with van der Waals surface area (Å²) >= 11 is 0. The van der Waals surface area contributed by atoms with Crippen molar-refractivity contribution in [3.8, 4) is 0 Å². The first-order valence-corrected chi connectivity index (χ1v) is 8.22. The van der Waals surface area contributed by atoms with Gasteiger partial charge < -0.3 is 9.47 Å². The van der Waals surface area contributed by atoms with Gasteiger partial charge in [0, 0.05) is 20.8 Å². The summed E-state index contributed by atoms with van der Waals surface area (Å²) in [6.07, 6.45) is 7.33. The van der Waals surface area contributed by atoms with Crippen LogP contribution in [0.15, 0.2) is 0 Å². The molecular formula is C15H29N4O2+. The van der Waals surface area contributed by atoms with E-state index in [2.05, 4.69) is 26.0 Å². The Morgan fingerprint density at radius 2 is 1.71 bits per heavy atom. The fraction of sp³-hybridized carbons (Fsp3) is 0.933. The normalized spacial score (nSPS) is 30.5. The van der Waals surface area contributed by atoms with Crippen molar-refractivity contribution in [2.45, 2.75) is 37.8 Å². The molecule has 2 saturated heterocycles. The molecule has 6 nitrogen and oxygen atoms in total. The molecule has 2 fully saturated rings. The second-order valence-electron chi connectivity index (χ2n) is 6.27. The molecule has 0 radical (unpaired) electrons. The summed E-state index contributed by atoms with van der Waals surface area (Å²) in [5.41, 5.74) is 0. The van der Waals surface area contributed by atoms with E-state index >= 15 is 0 Å². The minimum atomic E-state index is 0.541. The average molecular weight is 297 g/mol. The van der Waals surface area contributed by atoms with Gasteiger partial charge in [-0.3, -0.25) is 0 Å². The van der Waals surface area contributed by atoms with Gasteiger partial charge in [-0.05, 0) is 25.7 Å². The average Bonchev–Trinajstić information content (AvgIpc) is 3.17. The van der Waals surface area contributed by atoms with E-state index in [1.165, 1.54) is 25.7 Å². The summed E-state index contributed by atoms with van der Waals surface area (Å²) < 4.78 is 13.1. The molecule has 6 heteroatoms. The van der Waals surface area contributed by atoms with Crippen LogP contribution < -0.4 is 0 Å². The molecule has 0 saturated carbocycles. The van der Waals surface area contributed by atoms with E-state index in [0.29, 0.717) is 12.1 Å². The predicted molar refractivity (Wildman–Crippen MR) is 81.1 cm³/mol. The highest BCUT2D eigenvalue weighted by molar-refractivity contribution is 5.49. The summed E-state index contributed by atoms with van der Waals surface area (Å²) in [7, 11) is 3.60. The van der Waals surface area contributed by atoms with E-state index in [0.717, 1.165) is 39.4 Å². The molecule has 0 aromatic carbocycles. The largest absolute Gasteiger partial charge is 0.383 e. The molecule has 3 aliphatic rings. The van der Waals surface area contributed by atoms with Gasteiger partial charge in [0.2, 0.25) is 0 Å². The first kappa shape index (κ1) is 15.1. The van der Waals surface area contributed by atoms with E-state index in [1.807, 2.05) is 0 Å². The number of hydrazine groups is 2. The monoisotopic (exact) mass is 297 g/mol. The SMILES string of the molecule is COC[C@H]1CCCN1N1C=[N+](N2CCC[C@@H]2COC)CC1. The molecule has 3 heterocycles. The molecule has 0 unspecified atom stereocenters. The van der Waals surface area contributed by atoms with Gasteiger partial charge in [-0.15, -0.1) is 5.01 Å². The van der Waals surface area contributed by atoms with Crippen molar-refractivity contribution in [2.75, 3.05) is 53.6 Å². The number of nitrogens with zero attached hydrogens (tertiary/aromatic N) is 4. The molecule has 0 aromatic heterocycles. The third kappa shape index (κ3) is 3.17. The Hall–Kier alpha value is -0.850. The van der Waals surface area contributed by atoms with Gasteiger partial charge in [0.15, 0.2) is 0 Å². The molecule has 0 aliphatic carbocycles. The second-order valence-corrected chi connectivity index (χ2v) is 6.27. The number of hydrogen-bond donors (Lipinski definition) is 0. The number of hydrazone groups is 1. The number of hydrogen-bond acceptors (Lipinski definition) is 5. The van der Waals surface area contributed by atoms with Crippen molar-refractivity contribution in [2.24, 2.45) is 0 Å². The van der Waals surface area contributed by atoms with Crippen LogP contribution in [0.1, 0.15) is 25.7 Å².